The summed E-state index contributed by atoms with van der Waals surface area (Å²) in [5, 5.41) is 3.61. The summed E-state index contributed by atoms with van der Waals surface area (Å²) in [6, 6.07) is -0.651. The summed E-state index contributed by atoms with van der Waals surface area (Å²) in [5.41, 5.74) is 9.49. The number of rotatable bonds is 5. The number of hydrazone groups is 1. The molecule has 0 spiro atoms. The summed E-state index contributed by atoms with van der Waals surface area (Å²) in [7, 11) is 0. The second-order valence-electron chi connectivity index (χ2n) is 3.59. The van der Waals surface area contributed by atoms with Crippen LogP contribution < -0.4 is 11.2 Å². The molecule has 4 nitrogen and oxygen atoms in total. The van der Waals surface area contributed by atoms with E-state index in [1.807, 2.05) is 13.0 Å². The second-order valence-corrected chi connectivity index (χ2v) is 3.59. The minimum absolute atomic E-state index is 0.651. The molecule has 0 aliphatic carbocycles. The summed E-state index contributed by atoms with van der Waals surface area (Å²) < 4.78 is 0. The molecule has 0 rings (SSSR count). The summed E-state index contributed by atoms with van der Waals surface area (Å²) in [6.45, 7) is 6.18. The van der Waals surface area contributed by atoms with Gasteiger partial charge in [-0.15, -0.1) is 0 Å². The molecule has 0 radical (unpaired) electrons. The topological polar surface area (TPSA) is 67.5 Å². The van der Waals surface area contributed by atoms with E-state index in [1.165, 1.54) is 17.4 Å². The number of amides is 2. The molecular weight excluding hydrogens is 190 g/mol. The fourth-order valence-electron chi connectivity index (χ4n) is 0.937. The predicted molar refractivity (Wildman–Crippen MR) is 63.6 cm³/mol. The number of urea groups is 1. The zero-order valence-electron chi connectivity index (χ0n) is 9.58. The molecule has 0 aliphatic heterocycles. The van der Waals surface area contributed by atoms with Crippen LogP contribution in [-0.2, 0) is 0 Å². The van der Waals surface area contributed by atoms with Crippen molar-refractivity contribution in [3.8, 4) is 0 Å². The van der Waals surface area contributed by atoms with Crippen molar-refractivity contribution in [2.24, 2.45) is 10.8 Å². The first-order chi connectivity index (χ1) is 7.02. The number of hydrogen-bond acceptors (Lipinski definition) is 2. The molecular formula is C11H19N3O. The van der Waals surface area contributed by atoms with Crippen LogP contribution in [0.1, 0.15) is 33.6 Å². The van der Waals surface area contributed by atoms with Crippen LogP contribution in [0.4, 0.5) is 4.79 Å². The third kappa shape index (κ3) is 10.3. The molecule has 4 heteroatoms. The minimum Gasteiger partial charge on any atom is -0.350 e. The average Bonchev–Trinajstić information content (AvgIpc) is 2.11. The van der Waals surface area contributed by atoms with Gasteiger partial charge in [0, 0.05) is 6.21 Å². The van der Waals surface area contributed by atoms with Crippen LogP contribution in [0.3, 0.4) is 0 Å². The molecule has 2 amide bonds. The Morgan fingerprint density at radius 3 is 2.60 bits per heavy atom. The highest BCUT2D eigenvalue weighted by Crippen LogP contribution is 2.05. The van der Waals surface area contributed by atoms with E-state index >= 15 is 0 Å². The number of hydrogen-bond donors (Lipinski definition) is 2. The normalized spacial score (nSPS) is 11.5. The first-order valence-corrected chi connectivity index (χ1v) is 4.90. The van der Waals surface area contributed by atoms with Crippen molar-refractivity contribution >= 4 is 12.2 Å². The van der Waals surface area contributed by atoms with Gasteiger partial charge < -0.3 is 5.73 Å². The Hall–Kier alpha value is -1.58. The van der Waals surface area contributed by atoms with E-state index in [1.54, 1.807) is 0 Å². The van der Waals surface area contributed by atoms with Crippen molar-refractivity contribution in [1.29, 1.82) is 0 Å². The lowest BCUT2D eigenvalue weighted by molar-refractivity contribution is 0.249. The Morgan fingerprint density at radius 1 is 1.40 bits per heavy atom. The van der Waals surface area contributed by atoms with E-state index in [-0.39, 0.29) is 0 Å². The number of nitrogens with two attached hydrogens (primary N) is 1. The number of allylic oxidation sites excluding steroid dienone is 4. The van der Waals surface area contributed by atoms with E-state index < -0.39 is 6.03 Å². The van der Waals surface area contributed by atoms with Gasteiger partial charge in [-0.25, -0.2) is 10.2 Å². The first-order valence-electron chi connectivity index (χ1n) is 4.90. The fraction of sp³-hybridized carbons (Fsp3) is 0.455. The molecule has 0 atom stereocenters. The van der Waals surface area contributed by atoms with E-state index in [0.717, 1.165) is 12.8 Å². The third-order valence-electron chi connectivity index (χ3n) is 1.70. The van der Waals surface area contributed by atoms with E-state index in [9.17, 15) is 4.79 Å². The molecule has 0 aromatic rings. The van der Waals surface area contributed by atoms with Crippen LogP contribution in [0.15, 0.2) is 28.4 Å². The van der Waals surface area contributed by atoms with Gasteiger partial charge in [0.1, 0.15) is 0 Å². The number of carbonyl (C=O) groups excluding carboxylic acids is 1. The molecule has 0 fully saturated rings. The largest absolute Gasteiger partial charge is 0.350 e. The fourth-order valence-corrected chi connectivity index (χ4v) is 0.937. The number of nitrogens with zero attached hydrogens (tertiary/aromatic N) is 1. The van der Waals surface area contributed by atoms with Gasteiger partial charge in [0.15, 0.2) is 0 Å². The maximum Gasteiger partial charge on any atom is 0.332 e. The number of nitrogens with one attached hydrogen (secondary N) is 1. The Labute approximate surface area is 90.9 Å². The highest BCUT2D eigenvalue weighted by molar-refractivity contribution is 5.76. The maximum atomic E-state index is 10.3. The molecule has 0 aromatic carbocycles. The molecule has 0 aromatic heterocycles. The molecule has 0 saturated heterocycles. The Kier molecular flexibility index (Phi) is 6.97. The smallest absolute Gasteiger partial charge is 0.332 e. The van der Waals surface area contributed by atoms with Crippen LogP contribution in [0.5, 0.6) is 0 Å². The first kappa shape index (κ1) is 13.4. The van der Waals surface area contributed by atoms with Gasteiger partial charge in [-0.2, -0.15) is 5.10 Å². The van der Waals surface area contributed by atoms with Crippen molar-refractivity contribution in [3.05, 3.63) is 23.3 Å². The highest BCUT2D eigenvalue weighted by atomic mass is 16.2. The molecule has 0 heterocycles. The Morgan fingerprint density at radius 2 is 2.07 bits per heavy atom. The van der Waals surface area contributed by atoms with Gasteiger partial charge in [0.05, 0.1) is 0 Å². The van der Waals surface area contributed by atoms with E-state index in [4.69, 9.17) is 5.73 Å². The lowest BCUT2D eigenvalue weighted by Crippen LogP contribution is -2.24. The van der Waals surface area contributed by atoms with Crippen molar-refractivity contribution in [1.82, 2.24) is 5.43 Å². The lowest BCUT2D eigenvalue weighted by Gasteiger charge is -1.96. The number of carbonyl (C=O) groups is 1. The predicted octanol–water partition coefficient (Wildman–Crippen LogP) is 2.33. The molecule has 15 heavy (non-hydrogen) atoms. The Bertz CT molecular complexity index is 286. The molecule has 0 bridgehead atoms. The van der Waals surface area contributed by atoms with E-state index in [0.29, 0.717) is 0 Å². The molecule has 0 aliphatic rings. The van der Waals surface area contributed by atoms with Gasteiger partial charge in [0.25, 0.3) is 0 Å². The van der Waals surface area contributed by atoms with Crippen LogP contribution in [-0.4, -0.2) is 12.2 Å². The maximum absolute atomic E-state index is 10.3. The third-order valence-corrected chi connectivity index (χ3v) is 1.70. The van der Waals surface area contributed by atoms with Crippen molar-refractivity contribution in [3.63, 3.8) is 0 Å². The Balaban J connectivity index is 3.84. The van der Waals surface area contributed by atoms with Crippen LogP contribution in [0, 0.1) is 0 Å². The molecule has 0 saturated carbocycles. The monoisotopic (exact) mass is 209 g/mol. The van der Waals surface area contributed by atoms with Crippen molar-refractivity contribution in [2.45, 2.75) is 33.6 Å². The van der Waals surface area contributed by atoms with E-state index in [2.05, 4.69) is 30.5 Å². The zero-order valence-corrected chi connectivity index (χ0v) is 9.58. The quantitative estimate of drug-likeness (QED) is 0.407. The standard InChI is InChI=1S/C11H19N3O/c1-9(2)5-4-6-10(3)7-8-13-14-11(12)15/h5,7-8H,4,6H2,1-3H3,(H3,12,14,15). The average molecular weight is 209 g/mol. The summed E-state index contributed by atoms with van der Waals surface area (Å²) >= 11 is 0. The van der Waals surface area contributed by atoms with Crippen molar-refractivity contribution in [2.75, 3.05) is 0 Å². The van der Waals surface area contributed by atoms with Crippen LogP contribution in [0.2, 0.25) is 0 Å². The SMILES string of the molecule is CC(C)=CCCC(C)=CC=NNC(N)=O. The van der Waals surface area contributed by atoms with Crippen LogP contribution in [0.25, 0.3) is 0 Å². The second kappa shape index (κ2) is 7.79. The minimum atomic E-state index is -0.651. The van der Waals surface area contributed by atoms with Gasteiger partial charge >= 0.3 is 6.03 Å². The van der Waals surface area contributed by atoms with Crippen LogP contribution >= 0.6 is 0 Å². The van der Waals surface area contributed by atoms with Gasteiger partial charge in [0.2, 0.25) is 0 Å². The summed E-state index contributed by atoms with van der Waals surface area (Å²) in [5.74, 6) is 0. The van der Waals surface area contributed by atoms with Gasteiger partial charge in [-0.3, -0.25) is 0 Å². The summed E-state index contributed by atoms with van der Waals surface area (Å²) in [4.78, 5) is 10.3. The van der Waals surface area contributed by atoms with Gasteiger partial charge in [-0.05, 0) is 39.7 Å². The summed E-state index contributed by atoms with van der Waals surface area (Å²) in [6.07, 6.45) is 7.60. The zero-order chi connectivity index (χ0) is 11.7. The molecule has 3 N–H and O–H groups in total. The highest BCUT2D eigenvalue weighted by Gasteiger charge is 1.87. The van der Waals surface area contributed by atoms with Crippen molar-refractivity contribution < 1.29 is 4.79 Å². The lowest BCUT2D eigenvalue weighted by atomic mass is 10.1. The molecule has 0 unspecified atom stereocenters. The van der Waals surface area contributed by atoms with Gasteiger partial charge in [-0.1, -0.05) is 17.2 Å². The number of primary amides is 1. The molecule has 84 valence electrons.